The number of carboxylic acids is 1. The number of hydrogen-bond donors (Lipinski definition) is 3. The Morgan fingerprint density at radius 3 is 2.30 bits per heavy atom. The molecule has 1 amide bonds. The number of rotatable bonds is 7. The van der Waals surface area contributed by atoms with E-state index in [1.165, 1.54) is 18.2 Å². The van der Waals surface area contributed by atoms with Gasteiger partial charge in [-0.1, -0.05) is 54.3 Å². The molecule has 0 aliphatic rings. The van der Waals surface area contributed by atoms with Crippen LogP contribution >= 0.6 is 0 Å². The van der Waals surface area contributed by atoms with Gasteiger partial charge in [0.05, 0.1) is 10.5 Å². The van der Waals surface area contributed by atoms with E-state index in [1.807, 2.05) is 30.3 Å². The molecular formula is C25H20N2O6. The van der Waals surface area contributed by atoms with Gasteiger partial charge in [-0.25, -0.2) is 4.79 Å². The highest BCUT2D eigenvalue weighted by molar-refractivity contribution is 5.97. The molecule has 1 atom stereocenters. The predicted octanol–water partition coefficient (Wildman–Crippen LogP) is 3.52. The third kappa shape index (κ3) is 6.18. The smallest absolute Gasteiger partial charge is 0.326 e. The van der Waals surface area contributed by atoms with Crippen LogP contribution in [0.4, 0.5) is 5.69 Å². The Labute approximate surface area is 189 Å². The molecule has 0 fully saturated rings. The van der Waals surface area contributed by atoms with Crippen LogP contribution in [0.3, 0.4) is 0 Å². The van der Waals surface area contributed by atoms with Crippen molar-refractivity contribution in [2.24, 2.45) is 0 Å². The van der Waals surface area contributed by atoms with Gasteiger partial charge in [-0.05, 0) is 42.7 Å². The maximum atomic E-state index is 12.7. The number of aryl methyl sites for hydroxylation is 1. The summed E-state index contributed by atoms with van der Waals surface area (Å²) in [7, 11) is 0. The van der Waals surface area contributed by atoms with Crippen LogP contribution in [0.5, 0.6) is 5.75 Å². The summed E-state index contributed by atoms with van der Waals surface area (Å²) in [5.74, 6) is 3.34. The number of nitro benzene ring substituents is 1. The average Bonchev–Trinajstić information content (AvgIpc) is 2.81. The standard InChI is InChI=1S/C25H20N2O6/c28-23-9-5-4-8-18(23)11-12-19-16-20(13-15-22(19)27(32)33)24(29)26-21(25(30)31)14-10-17-6-2-1-3-7-17/h1-9,13,15-16,21,28H,10,14H2,(H,26,29)(H,30,31)/t21-/m0/s1. The number of phenolic OH excluding ortho intramolecular Hbond substituents is 1. The monoisotopic (exact) mass is 444 g/mol. The van der Waals surface area contributed by atoms with Crippen LogP contribution in [0.1, 0.15) is 33.5 Å². The normalized spacial score (nSPS) is 11.0. The SMILES string of the molecule is O=C(N[C@@H](CCc1ccccc1)C(=O)O)c1ccc([N+](=O)[O-])c(C#Cc2ccccc2O)c1. The van der Waals surface area contributed by atoms with Crippen molar-refractivity contribution in [1.29, 1.82) is 0 Å². The van der Waals surface area contributed by atoms with Crippen molar-refractivity contribution in [3.05, 3.63) is 105 Å². The number of para-hydroxylation sites is 1. The number of carboxylic acid groups (broad SMARTS) is 1. The Morgan fingerprint density at radius 2 is 1.64 bits per heavy atom. The van der Waals surface area contributed by atoms with Gasteiger partial charge in [0, 0.05) is 11.6 Å². The summed E-state index contributed by atoms with van der Waals surface area (Å²) in [5, 5.41) is 33.2. The summed E-state index contributed by atoms with van der Waals surface area (Å²) in [6.45, 7) is 0. The second-order valence-corrected chi connectivity index (χ2v) is 7.14. The van der Waals surface area contributed by atoms with E-state index < -0.39 is 22.8 Å². The number of benzene rings is 3. The molecule has 0 aromatic heterocycles. The van der Waals surface area contributed by atoms with Crippen molar-refractivity contribution in [3.63, 3.8) is 0 Å². The molecule has 0 saturated heterocycles. The summed E-state index contributed by atoms with van der Waals surface area (Å²) in [6.07, 6.45) is 0.633. The van der Waals surface area contributed by atoms with Gasteiger partial charge in [0.2, 0.25) is 0 Å². The molecule has 166 valence electrons. The quantitative estimate of drug-likeness (QED) is 0.290. The number of carbonyl (C=O) groups is 2. The van der Waals surface area contributed by atoms with E-state index >= 15 is 0 Å². The van der Waals surface area contributed by atoms with E-state index in [0.717, 1.165) is 11.6 Å². The molecule has 33 heavy (non-hydrogen) atoms. The highest BCUT2D eigenvalue weighted by Gasteiger charge is 2.22. The zero-order valence-corrected chi connectivity index (χ0v) is 17.4. The molecule has 0 aliphatic heterocycles. The van der Waals surface area contributed by atoms with E-state index in [-0.39, 0.29) is 34.5 Å². The molecule has 8 nitrogen and oxygen atoms in total. The molecule has 0 radical (unpaired) electrons. The summed E-state index contributed by atoms with van der Waals surface area (Å²) in [6, 6.07) is 18.0. The Kier molecular flexibility index (Phi) is 7.39. The fraction of sp³-hybridized carbons (Fsp3) is 0.120. The first-order chi connectivity index (χ1) is 15.8. The molecule has 0 bridgehead atoms. The number of amides is 1. The molecule has 0 saturated carbocycles. The number of nitrogens with one attached hydrogen (secondary N) is 1. The van der Waals surface area contributed by atoms with Crippen LogP contribution in [-0.2, 0) is 11.2 Å². The lowest BCUT2D eigenvalue weighted by Crippen LogP contribution is -2.41. The number of nitro groups is 1. The Balaban J connectivity index is 1.82. The van der Waals surface area contributed by atoms with Gasteiger partial charge < -0.3 is 15.5 Å². The van der Waals surface area contributed by atoms with Gasteiger partial charge in [0.25, 0.3) is 11.6 Å². The molecule has 0 aliphatic carbocycles. The minimum atomic E-state index is -1.18. The number of phenols is 1. The summed E-state index contributed by atoms with van der Waals surface area (Å²) in [5.41, 5.74) is 0.900. The summed E-state index contributed by atoms with van der Waals surface area (Å²) < 4.78 is 0. The number of carbonyl (C=O) groups excluding carboxylic acids is 1. The van der Waals surface area contributed by atoms with Crippen molar-refractivity contribution in [3.8, 4) is 17.6 Å². The van der Waals surface area contributed by atoms with Crippen LogP contribution in [-0.4, -0.2) is 33.1 Å². The highest BCUT2D eigenvalue weighted by Crippen LogP contribution is 2.21. The first-order valence-corrected chi connectivity index (χ1v) is 10.0. The van der Waals surface area contributed by atoms with Gasteiger partial charge in [0.1, 0.15) is 17.4 Å². The van der Waals surface area contributed by atoms with Crippen LogP contribution in [0.2, 0.25) is 0 Å². The largest absolute Gasteiger partial charge is 0.507 e. The average molecular weight is 444 g/mol. The fourth-order valence-electron chi connectivity index (χ4n) is 3.11. The first kappa shape index (κ1) is 23.0. The maximum Gasteiger partial charge on any atom is 0.326 e. The third-order valence-electron chi connectivity index (χ3n) is 4.86. The predicted molar refractivity (Wildman–Crippen MR) is 121 cm³/mol. The van der Waals surface area contributed by atoms with Crippen molar-refractivity contribution < 1.29 is 24.7 Å². The van der Waals surface area contributed by atoms with Gasteiger partial charge in [-0.2, -0.15) is 0 Å². The lowest BCUT2D eigenvalue weighted by Gasteiger charge is -2.15. The second kappa shape index (κ2) is 10.6. The lowest BCUT2D eigenvalue weighted by atomic mass is 10.0. The molecular weight excluding hydrogens is 424 g/mol. The third-order valence-corrected chi connectivity index (χ3v) is 4.86. The number of aliphatic carboxylic acids is 1. The van der Waals surface area contributed by atoms with E-state index in [1.54, 1.807) is 18.2 Å². The van der Waals surface area contributed by atoms with Crippen molar-refractivity contribution in [2.75, 3.05) is 0 Å². The number of aromatic hydroxyl groups is 1. The molecule has 3 N–H and O–H groups in total. The van der Waals surface area contributed by atoms with Crippen molar-refractivity contribution >= 4 is 17.6 Å². The lowest BCUT2D eigenvalue weighted by molar-refractivity contribution is -0.385. The van der Waals surface area contributed by atoms with Gasteiger partial charge in [0.15, 0.2) is 0 Å². The van der Waals surface area contributed by atoms with Crippen LogP contribution in [0.15, 0.2) is 72.8 Å². The van der Waals surface area contributed by atoms with Gasteiger partial charge in [-0.15, -0.1) is 0 Å². The minimum absolute atomic E-state index is 0.0351. The Bertz CT molecular complexity index is 1240. The van der Waals surface area contributed by atoms with Crippen molar-refractivity contribution in [1.82, 2.24) is 5.32 Å². The number of nitrogens with zero attached hydrogens (tertiary/aromatic N) is 1. The second-order valence-electron chi connectivity index (χ2n) is 7.14. The Morgan fingerprint density at radius 1 is 0.970 bits per heavy atom. The maximum absolute atomic E-state index is 12.7. The fourth-order valence-corrected chi connectivity index (χ4v) is 3.11. The van der Waals surface area contributed by atoms with Crippen LogP contribution < -0.4 is 5.32 Å². The molecule has 3 aromatic carbocycles. The van der Waals surface area contributed by atoms with E-state index in [9.17, 15) is 29.9 Å². The van der Waals surface area contributed by atoms with Crippen molar-refractivity contribution in [2.45, 2.75) is 18.9 Å². The Hall–Kier alpha value is -4.64. The zero-order chi connectivity index (χ0) is 23.8. The molecule has 3 aromatic rings. The molecule has 0 unspecified atom stereocenters. The molecule has 8 heteroatoms. The van der Waals surface area contributed by atoms with E-state index in [2.05, 4.69) is 17.2 Å². The molecule has 0 heterocycles. The van der Waals surface area contributed by atoms with Crippen LogP contribution in [0.25, 0.3) is 0 Å². The van der Waals surface area contributed by atoms with Gasteiger partial charge in [-0.3, -0.25) is 14.9 Å². The minimum Gasteiger partial charge on any atom is -0.507 e. The highest BCUT2D eigenvalue weighted by atomic mass is 16.6. The van der Waals surface area contributed by atoms with E-state index in [4.69, 9.17) is 0 Å². The molecule has 0 spiro atoms. The number of hydrogen-bond acceptors (Lipinski definition) is 5. The van der Waals surface area contributed by atoms with Crippen LogP contribution in [0, 0.1) is 22.0 Å². The molecule has 3 rings (SSSR count). The zero-order valence-electron chi connectivity index (χ0n) is 17.4. The van der Waals surface area contributed by atoms with Gasteiger partial charge >= 0.3 is 5.97 Å². The summed E-state index contributed by atoms with van der Waals surface area (Å²) >= 11 is 0. The summed E-state index contributed by atoms with van der Waals surface area (Å²) in [4.78, 5) is 35.1. The topological polar surface area (TPSA) is 130 Å². The van der Waals surface area contributed by atoms with E-state index in [0.29, 0.717) is 6.42 Å². The first-order valence-electron chi connectivity index (χ1n) is 10.0.